The van der Waals surface area contributed by atoms with Crippen LogP contribution in [0.4, 0.5) is 4.39 Å². The van der Waals surface area contributed by atoms with Crippen LogP contribution < -0.4 is 10.6 Å². The third-order valence-corrected chi connectivity index (χ3v) is 5.02. The first-order valence-corrected chi connectivity index (χ1v) is 9.55. The summed E-state index contributed by atoms with van der Waals surface area (Å²) in [6, 6.07) is 5.78. The number of halogens is 1. The lowest BCUT2D eigenvalue weighted by Crippen LogP contribution is -2.43. The molecule has 0 spiro atoms. The molecular formula is C20H31FN4O2. The average Bonchev–Trinajstić information content (AvgIpc) is 3.13. The van der Waals surface area contributed by atoms with E-state index in [9.17, 15) is 14.3 Å². The second-order valence-corrected chi connectivity index (χ2v) is 7.33. The Morgan fingerprint density at radius 1 is 1.26 bits per heavy atom. The van der Waals surface area contributed by atoms with Crippen molar-refractivity contribution >= 4 is 11.9 Å². The summed E-state index contributed by atoms with van der Waals surface area (Å²) < 4.78 is 13.0. The highest BCUT2D eigenvalue weighted by Crippen LogP contribution is 2.39. The predicted molar refractivity (Wildman–Crippen MR) is 105 cm³/mol. The molecule has 1 aliphatic rings. The van der Waals surface area contributed by atoms with Gasteiger partial charge in [-0.05, 0) is 37.5 Å². The van der Waals surface area contributed by atoms with E-state index in [0.717, 1.165) is 25.7 Å². The molecule has 1 saturated carbocycles. The van der Waals surface area contributed by atoms with Crippen LogP contribution in [-0.4, -0.2) is 55.6 Å². The number of aliphatic hydroxyl groups excluding tert-OH is 1. The minimum atomic E-state index is -0.779. The molecule has 7 heteroatoms. The van der Waals surface area contributed by atoms with Crippen LogP contribution >= 0.6 is 0 Å². The second-order valence-electron chi connectivity index (χ2n) is 7.33. The quantitative estimate of drug-likeness (QED) is 0.501. The third kappa shape index (κ3) is 5.66. The normalized spacial score (nSPS) is 17.4. The fourth-order valence-electron chi connectivity index (χ4n) is 3.53. The smallest absolute Gasteiger partial charge is 0.230 e. The summed E-state index contributed by atoms with van der Waals surface area (Å²) in [5.41, 5.74) is 0.205. The van der Waals surface area contributed by atoms with E-state index in [0.29, 0.717) is 24.6 Å². The van der Waals surface area contributed by atoms with Crippen molar-refractivity contribution in [1.82, 2.24) is 15.5 Å². The van der Waals surface area contributed by atoms with Crippen molar-refractivity contribution in [2.45, 2.75) is 38.7 Å². The summed E-state index contributed by atoms with van der Waals surface area (Å²) in [5, 5.41) is 16.6. The van der Waals surface area contributed by atoms with Gasteiger partial charge in [0.15, 0.2) is 5.96 Å². The molecule has 1 aliphatic carbocycles. The fourth-order valence-corrected chi connectivity index (χ4v) is 3.53. The fraction of sp³-hybridized carbons (Fsp3) is 0.600. The lowest BCUT2D eigenvalue weighted by atomic mass is 9.85. The number of amides is 1. The molecule has 3 N–H and O–H groups in total. The molecule has 27 heavy (non-hydrogen) atoms. The Morgan fingerprint density at radius 2 is 1.89 bits per heavy atom. The van der Waals surface area contributed by atoms with Crippen LogP contribution in [0.3, 0.4) is 0 Å². The summed E-state index contributed by atoms with van der Waals surface area (Å²) in [7, 11) is 3.57. The molecule has 0 saturated heterocycles. The minimum Gasteiger partial charge on any atom is -0.387 e. The Balaban J connectivity index is 2.02. The maximum Gasteiger partial charge on any atom is 0.230 e. The first-order chi connectivity index (χ1) is 12.9. The highest BCUT2D eigenvalue weighted by molar-refractivity contribution is 5.84. The van der Waals surface area contributed by atoms with Crippen LogP contribution in [0.25, 0.3) is 0 Å². The molecule has 1 aromatic rings. The predicted octanol–water partition coefficient (Wildman–Crippen LogP) is 2.06. The molecule has 0 bridgehead atoms. The van der Waals surface area contributed by atoms with E-state index in [4.69, 9.17) is 0 Å². The Hall–Kier alpha value is -2.15. The van der Waals surface area contributed by atoms with Crippen molar-refractivity contribution in [3.8, 4) is 0 Å². The molecule has 6 nitrogen and oxygen atoms in total. The van der Waals surface area contributed by atoms with Crippen molar-refractivity contribution in [2.75, 3.05) is 33.7 Å². The van der Waals surface area contributed by atoms with E-state index in [1.165, 1.54) is 12.1 Å². The number of aliphatic hydroxyl groups is 1. The maximum atomic E-state index is 13.0. The minimum absolute atomic E-state index is 0.131. The summed E-state index contributed by atoms with van der Waals surface area (Å²) in [5.74, 6) is 0.365. The number of aliphatic imine (C=N–C) groups is 1. The van der Waals surface area contributed by atoms with Crippen molar-refractivity contribution in [2.24, 2.45) is 10.4 Å². The molecule has 1 unspecified atom stereocenters. The number of rotatable bonds is 7. The van der Waals surface area contributed by atoms with Gasteiger partial charge in [0, 0.05) is 27.2 Å². The van der Waals surface area contributed by atoms with Crippen LogP contribution in [0.5, 0.6) is 0 Å². The maximum absolute atomic E-state index is 13.0. The van der Waals surface area contributed by atoms with Crippen LogP contribution in [0, 0.1) is 11.2 Å². The van der Waals surface area contributed by atoms with E-state index in [-0.39, 0.29) is 18.3 Å². The van der Waals surface area contributed by atoms with Crippen LogP contribution in [0.1, 0.15) is 44.3 Å². The van der Waals surface area contributed by atoms with Gasteiger partial charge in [-0.25, -0.2) is 4.39 Å². The van der Waals surface area contributed by atoms with Crippen LogP contribution in [-0.2, 0) is 4.79 Å². The van der Waals surface area contributed by atoms with Gasteiger partial charge in [0.25, 0.3) is 0 Å². The molecule has 0 aliphatic heterocycles. The van der Waals surface area contributed by atoms with E-state index >= 15 is 0 Å². The van der Waals surface area contributed by atoms with E-state index in [1.54, 1.807) is 31.1 Å². The average molecular weight is 378 g/mol. The van der Waals surface area contributed by atoms with Gasteiger partial charge in [0.1, 0.15) is 5.82 Å². The highest BCUT2D eigenvalue weighted by atomic mass is 19.1. The largest absolute Gasteiger partial charge is 0.387 e. The van der Waals surface area contributed by atoms with Crippen molar-refractivity contribution in [1.29, 1.82) is 0 Å². The topological polar surface area (TPSA) is 77.0 Å². The summed E-state index contributed by atoms with van der Waals surface area (Å²) in [4.78, 5) is 18.9. The summed E-state index contributed by atoms with van der Waals surface area (Å²) in [6.45, 7) is 3.30. The van der Waals surface area contributed by atoms with Gasteiger partial charge in [0.2, 0.25) is 5.91 Å². The second kappa shape index (κ2) is 9.69. The summed E-state index contributed by atoms with van der Waals surface area (Å²) in [6.07, 6.45) is 3.01. The Morgan fingerprint density at radius 3 is 2.44 bits per heavy atom. The number of hydrogen-bond acceptors (Lipinski definition) is 3. The lowest BCUT2D eigenvalue weighted by molar-refractivity contribution is -0.138. The Kier molecular flexibility index (Phi) is 7.59. The monoisotopic (exact) mass is 378 g/mol. The zero-order valence-electron chi connectivity index (χ0n) is 16.5. The van der Waals surface area contributed by atoms with Gasteiger partial charge >= 0.3 is 0 Å². The van der Waals surface area contributed by atoms with Crippen molar-refractivity contribution in [3.63, 3.8) is 0 Å². The number of carbonyl (C=O) groups excluding carboxylic acids is 1. The molecule has 1 amide bonds. The van der Waals surface area contributed by atoms with Crippen LogP contribution in [0.2, 0.25) is 0 Å². The standard InChI is InChI=1S/C20H31FN4O2/c1-4-22-19(23-13-17(26)15-7-9-16(21)10-8-15)24-14-20(11-5-6-12-20)18(27)25(2)3/h7-10,17,26H,4-6,11-14H2,1-3H3,(H2,22,23,24). The molecule has 0 heterocycles. The number of benzene rings is 1. The molecule has 0 radical (unpaired) electrons. The number of nitrogens with one attached hydrogen (secondary N) is 2. The molecule has 150 valence electrons. The number of nitrogens with zero attached hydrogens (tertiary/aromatic N) is 2. The van der Waals surface area contributed by atoms with Gasteiger partial charge in [-0.1, -0.05) is 25.0 Å². The van der Waals surface area contributed by atoms with Gasteiger partial charge in [-0.15, -0.1) is 0 Å². The van der Waals surface area contributed by atoms with E-state index < -0.39 is 11.5 Å². The number of guanidine groups is 1. The lowest BCUT2D eigenvalue weighted by Gasteiger charge is -2.29. The molecule has 1 fully saturated rings. The highest BCUT2D eigenvalue weighted by Gasteiger charge is 2.42. The van der Waals surface area contributed by atoms with Gasteiger partial charge < -0.3 is 20.6 Å². The molecule has 0 aromatic heterocycles. The molecule has 1 aromatic carbocycles. The Bertz CT molecular complexity index is 640. The van der Waals surface area contributed by atoms with E-state index in [1.807, 2.05) is 6.92 Å². The van der Waals surface area contributed by atoms with E-state index in [2.05, 4.69) is 15.6 Å². The zero-order valence-corrected chi connectivity index (χ0v) is 16.5. The number of carbonyl (C=O) groups is 1. The third-order valence-electron chi connectivity index (χ3n) is 5.02. The first-order valence-electron chi connectivity index (χ1n) is 9.55. The Labute approximate surface area is 160 Å². The van der Waals surface area contributed by atoms with Crippen LogP contribution in [0.15, 0.2) is 29.3 Å². The van der Waals surface area contributed by atoms with Gasteiger partial charge in [0.05, 0.1) is 18.1 Å². The molecular weight excluding hydrogens is 347 g/mol. The zero-order chi connectivity index (χ0) is 19.9. The first kappa shape index (κ1) is 21.2. The molecule has 1 atom stereocenters. The summed E-state index contributed by atoms with van der Waals surface area (Å²) >= 11 is 0. The van der Waals surface area contributed by atoms with Gasteiger partial charge in [-0.3, -0.25) is 9.79 Å². The number of hydrogen-bond donors (Lipinski definition) is 3. The SMILES string of the molecule is CCNC(=NCC1(C(=O)N(C)C)CCCC1)NCC(O)c1ccc(F)cc1. The van der Waals surface area contributed by atoms with Gasteiger partial charge in [-0.2, -0.15) is 0 Å². The van der Waals surface area contributed by atoms with Crippen molar-refractivity contribution in [3.05, 3.63) is 35.6 Å². The molecule has 2 rings (SSSR count). The van der Waals surface area contributed by atoms with Crippen molar-refractivity contribution < 1.29 is 14.3 Å².